The first-order valence-electron chi connectivity index (χ1n) is 8.87. The third-order valence-corrected chi connectivity index (χ3v) is 5.39. The lowest BCUT2D eigenvalue weighted by Gasteiger charge is -2.28. The molecule has 4 rings (SSSR count). The lowest BCUT2D eigenvalue weighted by molar-refractivity contribution is -0.126. The van der Waals surface area contributed by atoms with E-state index in [1.54, 1.807) is 31.8 Å². The Balaban J connectivity index is 1.47. The molecule has 1 aromatic heterocycles. The number of hydrogen-bond acceptors (Lipinski definition) is 4. The fourth-order valence-corrected chi connectivity index (χ4v) is 4.01. The van der Waals surface area contributed by atoms with Crippen LogP contribution in [0.15, 0.2) is 48.9 Å². The van der Waals surface area contributed by atoms with Crippen LogP contribution in [0.1, 0.15) is 23.6 Å². The second-order valence-electron chi connectivity index (χ2n) is 6.97. The topological polar surface area (TPSA) is 67.5 Å². The number of benzene rings is 1. The number of carbonyl (C=O) groups is 1. The van der Waals surface area contributed by atoms with E-state index in [2.05, 4.69) is 34.2 Å². The van der Waals surface area contributed by atoms with Gasteiger partial charge in [0, 0.05) is 19.1 Å². The van der Waals surface area contributed by atoms with Gasteiger partial charge in [-0.2, -0.15) is 0 Å². The van der Waals surface area contributed by atoms with Crippen molar-refractivity contribution in [3.8, 4) is 0 Å². The number of rotatable bonds is 4. The second kappa shape index (κ2) is 7.05. The van der Waals surface area contributed by atoms with Crippen LogP contribution in [0.5, 0.6) is 0 Å². The molecule has 26 heavy (non-hydrogen) atoms. The van der Waals surface area contributed by atoms with Crippen LogP contribution in [0.2, 0.25) is 0 Å². The van der Waals surface area contributed by atoms with E-state index < -0.39 is 5.60 Å². The molecule has 0 radical (unpaired) electrons. The smallest absolute Gasteiger partial charge is 0.246 e. The van der Waals surface area contributed by atoms with Gasteiger partial charge in [-0.3, -0.25) is 4.79 Å². The van der Waals surface area contributed by atoms with Gasteiger partial charge in [-0.25, -0.2) is 4.98 Å². The van der Waals surface area contributed by atoms with Gasteiger partial charge in [0.25, 0.3) is 0 Å². The highest BCUT2D eigenvalue weighted by molar-refractivity contribution is 5.91. The summed E-state index contributed by atoms with van der Waals surface area (Å²) < 4.78 is 11.9. The van der Waals surface area contributed by atoms with Crippen LogP contribution < -0.4 is 0 Å². The molecule has 2 aliphatic rings. The Morgan fingerprint density at radius 1 is 1.42 bits per heavy atom. The van der Waals surface area contributed by atoms with Gasteiger partial charge in [0.1, 0.15) is 11.7 Å². The predicted molar refractivity (Wildman–Crippen MR) is 97.5 cm³/mol. The van der Waals surface area contributed by atoms with Crippen molar-refractivity contribution in [1.29, 1.82) is 0 Å². The number of ether oxygens (including phenoxy) is 2. The standard InChI is InChI=1S/C20H23N3O3/c1-25-18-11-23(19(24)8-7-17-10-21-14-22-17)13-20(18)9-16(12-26-20)15-5-3-2-4-6-15/h2-8,10,14,16,18H,9,11-13H2,1H3,(H,21,22)/b8-7+/t16-,18+,20+/m0/s1. The molecule has 1 spiro atoms. The Hall–Kier alpha value is -2.44. The number of carbonyl (C=O) groups excluding carboxylic acids is 1. The summed E-state index contributed by atoms with van der Waals surface area (Å²) in [6, 6.07) is 10.4. The van der Waals surface area contributed by atoms with Crippen LogP contribution in [0, 0.1) is 0 Å². The van der Waals surface area contributed by atoms with E-state index >= 15 is 0 Å². The maximum Gasteiger partial charge on any atom is 0.246 e. The van der Waals surface area contributed by atoms with Crippen LogP contribution >= 0.6 is 0 Å². The Morgan fingerprint density at radius 2 is 2.27 bits per heavy atom. The summed E-state index contributed by atoms with van der Waals surface area (Å²) in [6.45, 7) is 1.76. The highest BCUT2D eigenvalue weighted by atomic mass is 16.6. The Morgan fingerprint density at radius 3 is 3.00 bits per heavy atom. The van der Waals surface area contributed by atoms with Gasteiger partial charge in [-0.15, -0.1) is 0 Å². The SMILES string of the molecule is CO[C@@H]1CN(C(=O)/C=C/c2cnc[nH]2)C[C@]12C[C@H](c1ccccc1)CO2. The van der Waals surface area contributed by atoms with Crippen molar-refractivity contribution in [2.45, 2.75) is 24.0 Å². The predicted octanol–water partition coefficient (Wildman–Crippen LogP) is 2.22. The number of likely N-dealkylation sites (tertiary alicyclic amines) is 1. The largest absolute Gasteiger partial charge is 0.377 e. The van der Waals surface area contributed by atoms with Crippen molar-refractivity contribution >= 4 is 12.0 Å². The van der Waals surface area contributed by atoms with Gasteiger partial charge in [-0.1, -0.05) is 30.3 Å². The molecule has 6 heteroatoms. The minimum Gasteiger partial charge on any atom is -0.377 e. The van der Waals surface area contributed by atoms with E-state index in [0.717, 1.165) is 12.1 Å². The molecule has 2 fully saturated rings. The first kappa shape index (κ1) is 17.0. The quantitative estimate of drug-likeness (QED) is 0.856. The third-order valence-electron chi connectivity index (χ3n) is 5.39. The Labute approximate surface area is 152 Å². The monoisotopic (exact) mass is 353 g/mol. The first-order chi connectivity index (χ1) is 12.7. The van der Waals surface area contributed by atoms with Gasteiger partial charge in [0.2, 0.25) is 5.91 Å². The van der Waals surface area contributed by atoms with E-state index in [-0.39, 0.29) is 12.0 Å². The number of aromatic amines is 1. The molecule has 6 nitrogen and oxygen atoms in total. The highest BCUT2D eigenvalue weighted by Crippen LogP contribution is 2.43. The summed E-state index contributed by atoms with van der Waals surface area (Å²) in [5.41, 5.74) is 1.66. The number of hydrogen-bond donors (Lipinski definition) is 1. The molecule has 0 bridgehead atoms. The number of nitrogens with one attached hydrogen (secondary N) is 1. The lowest BCUT2D eigenvalue weighted by Crippen LogP contribution is -2.42. The molecule has 0 aliphatic carbocycles. The van der Waals surface area contributed by atoms with Gasteiger partial charge < -0.3 is 19.4 Å². The van der Waals surface area contributed by atoms with Crippen molar-refractivity contribution in [2.75, 3.05) is 26.8 Å². The number of imidazole rings is 1. The summed E-state index contributed by atoms with van der Waals surface area (Å²) in [5, 5.41) is 0. The maximum absolute atomic E-state index is 12.6. The second-order valence-corrected chi connectivity index (χ2v) is 6.97. The molecule has 2 saturated heterocycles. The van der Waals surface area contributed by atoms with E-state index in [1.165, 1.54) is 5.56 Å². The molecule has 0 saturated carbocycles. The molecule has 2 aliphatic heterocycles. The molecule has 0 unspecified atom stereocenters. The Bertz CT molecular complexity index is 775. The number of aromatic nitrogens is 2. The highest BCUT2D eigenvalue weighted by Gasteiger charge is 2.53. The van der Waals surface area contributed by atoms with Crippen molar-refractivity contribution in [1.82, 2.24) is 14.9 Å². The minimum absolute atomic E-state index is 0.0368. The molecule has 1 amide bonds. The van der Waals surface area contributed by atoms with Gasteiger partial charge >= 0.3 is 0 Å². The zero-order chi connectivity index (χ0) is 18.0. The van der Waals surface area contributed by atoms with Crippen LogP contribution in [-0.4, -0.2) is 59.3 Å². The average Bonchev–Trinajstić information content (AvgIpc) is 3.41. The van der Waals surface area contributed by atoms with Crippen molar-refractivity contribution in [3.63, 3.8) is 0 Å². The van der Waals surface area contributed by atoms with Gasteiger partial charge in [-0.05, 0) is 18.1 Å². The average molecular weight is 353 g/mol. The van der Waals surface area contributed by atoms with Crippen LogP contribution in [-0.2, 0) is 14.3 Å². The third kappa shape index (κ3) is 3.18. The fourth-order valence-electron chi connectivity index (χ4n) is 4.01. The fraction of sp³-hybridized carbons (Fsp3) is 0.400. The Kier molecular flexibility index (Phi) is 4.61. The summed E-state index contributed by atoms with van der Waals surface area (Å²) in [5.74, 6) is 0.301. The minimum atomic E-state index is -0.424. The number of nitrogens with zero attached hydrogens (tertiary/aromatic N) is 2. The zero-order valence-electron chi connectivity index (χ0n) is 14.8. The zero-order valence-corrected chi connectivity index (χ0v) is 14.8. The van der Waals surface area contributed by atoms with Crippen molar-refractivity contribution in [3.05, 3.63) is 60.2 Å². The molecule has 3 heterocycles. The molecule has 136 valence electrons. The molecule has 2 aromatic rings. The summed E-state index contributed by atoms with van der Waals surface area (Å²) >= 11 is 0. The van der Waals surface area contributed by atoms with E-state index in [0.29, 0.717) is 25.6 Å². The summed E-state index contributed by atoms with van der Waals surface area (Å²) in [6.07, 6.45) is 7.33. The lowest BCUT2D eigenvalue weighted by atomic mass is 9.87. The molecular weight excluding hydrogens is 330 g/mol. The van der Waals surface area contributed by atoms with Crippen LogP contribution in [0.4, 0.5) is 0 Å². The molecule has 3 atom stereocenters. The number of amides is 1. The van der Waals surface area contributed by atoms with Crippen LogP contribution in [0.25, 0.3) is 6.08 Å². The van der Waals surface area contributed by atoms with E-state index in [9.17, 15) is 4.79 Å². The number of H-pyrrole nitrogens is 1. The van der Waals surface area contributed by atoms with Gasteiger partial charge in [0.15, 0.2) is 0 Å². The summed E-state index contributed by atoms with van der Waals surface area (Å²) in [4.78, 5) is 21.3. The molecular formula is C20H23N3O3. The van der Waals surface area contributed by atoms with Crippen molar-refractivity contribution in [2.24, 2.45) is 0 Å². The summed E-state index contributed by atoms with van der Waals surface area (Å²) in [7, 11) is 1.69. The number of methoxy groups -OCH3 is 1. The van der Waals surface area contributed by atoms with E-state index in [4.69, 9.17) is 9.47 Å². The van der Waals surface area contributed by atoms with Crippen LogP contribution in [0.3, 0.4) is 0 Å². The van der Waals surface area contributed by atoms with E-state index in [1.807, 2.05) is 11.0 Å². The first-order valence-corrected chi connectivity index (χ1v) is 8.87. The molecule has 1 N–H and O–H groups in total. The molecule has 1 aromatic carbocycles. The normalized spacial score (nSPS) is 28.4. The van der Waals surface area contributed by atoms with Crippen molar-refractivity contribution < 1.29 is 14.3 Å². The van der Waals surface area contributed by atoms with Gasteiger partial charge in [0.05, 0.1) is 37.9 Å². The maximum atomic E-state index is 12.6.